The lowest BCUT2D eigenvalue weighted by Crippen LogP contribution is -2.33. The average molecular weight is 414 g/mol. The summed E-state index contributed by atoms with van der Waals surface area (Å²) in [5.74, 6) is 0.679. The van der Waals surface area contributed by atoms with Crippen molar-refractivity contribution in [1.82, 2.24) is 4.90 Å². The Bertz CT molecular complexity index is 1010. The molecule has 4 aromatic rings. The first-order chi connectivity index (χ1) is 14.8. The summed E-state index contributed by atoms with van der Waals surface area (Å²) in [7, 11) is 0. The van der Waals surface area contributed by atoms with Crippen molar-refractivity contribution in [2.45, 2.75) is 24.1 Å². The monoisotopic (exact) mass is 413 g/mol. The van der Waals surface area contributed by atoms with Crippen molar-refractivity contribution >= 4 is 22.5 Å². The minimum Gasteiger partial charge on any atom is -0.391 e. The SMILES string of the molecule is OC(CSc1ccc2ccccc2c1)CN(Cc1ccccc1)Cc1ccccc1. The van der Waals surface area contributed by atoms with Crippen molar-refractivity contribution in [1.29, 1.82) is 0 Å². The van der Waals surface area contributed by atoms with Gasteiger partial charge in [-0.25, -0.2) is 0 Å². The minimum absolute atomic E-state index is 0.395. The third kappa shape index (κ3) is 5.96. The molecule has 0 bridgehead atoms. The summed E-state index contributed by atoms with van der Waals surface area (Å²) < 4.78 is 0. The van der Waals surface area contributed by atoms with Crippen molar-refractivity contribution in [2.75, 3.05) is 12.3 Å². The van der Waals surface area contributed by atoms with Gasteiger partial charge in [0.05, 0.1) is 6.10 Å². The average Bonchev–Trinajstić information content (AvgIpc) is 2.79. The molecule has 152 valence electrons. The highest BCUT2D eigenvalue weighted by Gasteiger charge is 2.14. The third-order valence-corrected chi connectivity index (χ3v) is 6.27. The van der Waals surface area contributed by atoms with Gasteiger partial charge in [0.25, 0.3) is 0 Å². The molecule has 0 saturated carbocycles. The molecule has 2 nitrogen and oxygen atoms in total. The summed E-state index contributed by atoms with van der Waals surface area (Å²) in [6.45, 7) is 2.30. The highest BCUT2D eigenvalue weighted by Crippen LogP contribution is 2.24. The van der Waals surface area contributed by atoms with E-state index >= 15 is 0 Å². The molecule has 0 aliphatic rings. The second kappa shape index (κ2) is 10.4. The van der Waals surface area contributed by atoms with Crippen molar-refractivity contribution in [3.63, 3.8) is 0 Å². The molecule has 4 aromatic carbocycles. The van der Waals surface area contributed by atoms with Crippen LogP contribution in [0.5, 0.6) is 0 Å². The van der Waals surface area contributed by atoms with Crippen LogP contribution >= 0.6 is 11.8 Å². The van der Waals surface area contributed by atoms with E-state index in [1.54, 1.807) is 11.8 Å². The van der Waals surface area contributed by atoms with Crippen LogP contribution in [-0.2, 0) is 13.1 Å². The summed E-state index contributed by atoms with van der Waals surface area (Å²) in [4.78, 5) is 3.53. The number of benzene rings is 4. The number of aliphatic hydroxyl groups excluding tert-OH is 1. The Balaban J connectivity index is 1.39. The van der Waals surface area contributed by atoms with Gasteiger partial charge >= 0.3 is 0 Å². The lowest BCUT2D eigenvalue weighted by atomic mass is 10.1. The smallest absolute Gasteiger partial charge is 0.0761 e. The Morgan fingerprint density at radius 2 is 1.23 bits per heavy atom. The third-order valence-electron chi connectivity index (χ3n) is 5.13. The van der Waals surface area contributed by atoms with Gasteiger partial charge in [-0.05, 0) is 34.0 Å². The molecule has 4 rings (SSSR count). The fourth-order valence-electron chi connectivity index (χ4n) is 3.67. The second-order valence-electron chi connectivity index (χ2n) is 7.61. The predicted octanol–water partition coefficient (Wildman–Crippen LogP) is 6.00. The van der Waals surface area contributed by atoms with Gasteiger partial charge in [0.15, 0.2) is 0 Å². The molecular formula is C27H27NOS. The summed E-state index contributed by atoms with van der Waals surface area (Å²) in [6.07, 6.45) is -0.395. The minimum atomic E-state index is -0.395. The largest absolute Gasteiger partial charge is 0.391 e. The first-order valence-corrected chi connectivity index (χ1v) is 11.3. The van der Waals surface area contributed by atoms with Crippen LogP contribution in [0.1, 0.15) is 11.1 Å². The molecule has 0 amide bonds. The van der Waals surface area contributed by atoms with Crippen molar-refractivity contribution < 1.29 is 5.11 Å². The molecule has 0 aromatic heterocycles. The van der Waals surface area contributed by atoms with Gasteiger partial charge in [-0.1, -0.05) is 91.0 Å². The number of rotatable bonds is 9. The maximum Gasteiger partial charge on any atom is 0.0761 e. The summed E-state index contributed by atoms with van der Waals surface area (Å²) in [6, 6.07) is 35.9. The molecule has 0 heterocycles. The standard InChI is InChI=1S/C27H27NOS/c29-26(21-30-27-16-15-24-13-7-8-14-25(24)17-27)20-28(18-22-9-3-1-4-10-22)19-23-11-5-2-6-12-23/h1-17,26,29H,18-21H2. The van der Waals surface area contributed by atoms with Crippen molar-refractivity contribution in [2.24, 2.45) is 0 Å². The Kier molecular flexibility index (Phi) is 7.20. The molecule has 0 aliphatic heterocycles. The summed E-state index contributed by atoms with van der Waals surface area (Å²) in [5, 5.41) is 13.3. The lowest BCUT2D eigenvalue weighted by molar-refractivity contribution is 0.121. The van der Waals surface area contributed by atoms with E-state index in [1.807, 2.05) is 12.1 Å². The van der Waals surface area contributed by atoms with Crippen LogP contribution in [0, 0.1) is 0 Å². The van der Waals surface area contributed by atoms with Crippen LogP contribution in [0.2, 0.25) is 0 Å². The Labute approximate surface area is 183 Å². The van der Waals surface area contributed by atoms with Crippen LogP contribution in [-0.4, -0.2) is 28.4 Å². The highest BCUT2D eigenvalue weighted by molar-refractivity contribution is 7.99. The van der Waals surface area contributed by atoms with Crippen LogP contribution in [0.25, 0.3) is 10.8 Å². The van der Waals surface area contributed by atoms with Gasteiger partial charge < -0.3 is 5.11 Å². The molecular weight excluding hydrogens is 386 g/mol. The lowest BCUT2D eigenvalue weighted by Gasteiger charge is -2.25. The van der Waals surface area contributed by atoms with E-state index in [2.05, 4.69) is 95.9 Å². The Hall–Kier alpha value is -2.59. The van der Waals surface area contributed by atoms with Crippen LogP contribution in [0.3, 0.4) is 0 Å². The van der Waals surface area contributed by atoms with E-state index in [1.165, 1.54) is 26.8 Å². The molecule has 0 saturated heterocycles. The van der Waals surface area contributed by atoms with E-state index in [-0.39, 0.29) is 0 Å². The highest BCUT2D eigenvalue weighted by atomic mass is 32.2. The normalized spacial score (nSPS) is 12.3. The van der Waals surface area contributed by atoms with Crippen LogP contribution in [0.15, 0.2) is 108 Å². The van der Waals surface area contributed by atoms with E-state index in [9.17, 15) is 5.11 Å². The van der Waals surface area contributed by atoms with Crippen molar-refractivity contribution in [3.05, 3.63) is 114 Å². The van der Waals surface area contributed by atoms with E-state index < -0.39 is 6.10 Å². The van der Waals surface area contributed by atoms with E-state index in [0.717, 1.165) is 13.1 Å². The summed E-state index contributed by atoms with van der Waals surface area (Å²) in [5.41, 5.74) is 2.53. The molecule has 30 heavy (non-hydrogen) atoms. The van der Waals surface area contributed by atoms with Crippen molar-refractivity contribution in [3.8, 4) is 0 Å². The van der Waals surface area contributed by atoms with Gasteiger partial charge in [0.2, 0.25) is 0 Å². The van der Waals surface area contributed by atoms with Crippen LogP contribution in [0.4, 0.5) is 0 Å². The maximum absolute atomic E-state index is 10.8. The summed E-state index contributed by atoms with van der Waals surface area (Å²) >= 11 is 1.72. The second-order valence-corrected chi connectivity index (χ2v) is 8.71. The maximum atomic E-state index is 10.8. The van der Waals surface area contributed by atoms with E-state index in [0.29, 0.717) is 12.3 Å². The predicted molar refractivity (Wildman–Crippen MR) is 128 cm³/mol. The number of hydrogen-bond acceptors (Lipinski definition) is 3. The number of aliphatic hydroxyl groups is 1. The molecule has 0 radical (unpaired) electrons. The fraction of sp³-hybridized carbons (Fsp3) is 0.185. The van der Waals surface area contributed by atoms with E-state index in [4.69, 9.17) is 0 Å². The zero-order valence-electron chi connectivity index (χ0n) is 17.0. The molecule has 3 heteroatoms. The molecule has 1 N–H and O–H groups in total. The first-order valence-electron chi connectivity index (χ1n) is 10.4. The Morgan fingerprint density at radius 1 is 0.667 bits per heavy atom. The van der Waals surface area contributed by atoms with Gasteiger partial charge in [0.1, 0.15) is 0 Å². The van der Waals surface area contributed by atoms with Gasteiger partial charge in [-0.3, -0.25) is 4.90 Å². The molecule has 0 aliphatic carbocycles. The zero-order chi connectivity index (χ0) is 20.6. The van der Waals surface area contributed by atoms with Gasteiger partial charge in [0, 0.05) is 30.3 Å². The Morgan fingerprint density at radius 3 is 1.87 bits per heavy atom. The topological polar surface area (TPSA) is 23.5 Å². The zero-order valence-corrected chi connectivity index (χ0v) is 17.8. The molecule has 0 spiro atoms. The molecule has 1 unspecified atom stereocenters. The van der Waals surface area contributed by atoms with Gasteiger partial charge in [-0.15, -0.1) is 11.8 Å². The van der Waals surface area contributed by atoms with Crippen LogP contribution < -0.4 is 0 Å². The molecule has 0 fully saturated rings. The number of hydrogen-bond donors (Lipinski definition) is 1. The number of thioether (sulfide) groups is 1. The fourth-order valence-corrected chi connectivity index (χ4v) is 4.53. The number of nitrogens with zero attached hydrogens (tertiary/aromatic N) is 1. The first kappa shape index (κ1) is 20.7. The number of fused-ring (bicyclic) bond motifs is 1. The quantitative estimate of drug-likeness (QED) is 0.341. The van der Waals surface area contributed by atoms with Gasteiger partial charge in [-0.2, -0.15) is 0 Å². The molecule has 1 atom stereocenters.